The minimum atomic E-state index is -0.849. The molecule has 0 heterocycles. The molecule has 4 rings (SSSR count). The lowest BCUT2D eigenvalue weighted by Crippen LogP contribution is -2.47. The van der Waals surface area contributed by atoms with Crippen LogP contribution in [0.15, 0.2) is 102 Å². The van der Waals surface area contributed by atoms with E-state index in [9.17, 15) is 23.6 Å². The number of Topliss-reactive ketones (excluding diaryl/α,β-unsaturated/α-hetero) is 1. The molecule has 4 aromatic carbocycles. The van der Waals surface area contributed by atoms with Crippen LogP contribution in [0, 0.1) is 11.7 Å². The molecule has 12 nitrogen and oxygen atoms in total. The number of aliphatic imine (C=N–C) groups is 1. The van der Waals surface area contributed by atoms with E-state index in [1.807, 2.05) is 30.3 Å². The molecule has 0 fully saturated rings. The Balaban J connectivity index is 0.00000281. The Morgan fingerprint density at radius 3 is 1.86 bits per heavy atom. The van der Waals surface area contributed by atoms with E-state index in [2.05, 4.69) is 15.6 Å². The van der Waals surface area contributed by atoms with Crippen LogP contribution in [0.5, 0.6) is 5.75 Å². The highest BCUT2D eigenvalue weighted by Gasteiger charge is 2.22. The van der Waals surface area contributed by atoms with E-state index in [1.54, 1.807) is 71.9 Å². The number of ketones is 1. The number of amides is 2. The average molecular weight is 802 g/mol. The second-order valence-corrected chi connectivity index (χ2v) is 15.2. The van der Waals surface area contributed by atoms with E-state index >= 15 is 0 Å². The third-order valence-electron chi connectivity index (χ3n) is 7.56. The third-order valence-corrected chi connectivity index (χ3v) is 7.91. The summed E-state index contributed by atoms with van der Waals surface area (Å²) >= 11 is 6.55. The largest absolute Gasteiger partial charge is 0.444 e. The van der Waals surface area contributed by atoms with E-state index in [-0.39, 0.29) is 64.5 Å². The summed E-state index contributed by atoms with van der Waals surface area (Å²) in [5.41, 5.74) is 1.06. The molecule has 0 bridgehead atoms. The van der Waals surface area contributed by atoms with Gasteiger partial charge in [0.15, 0.2) is 0 Å². The van der Waals surface area contributed by atoms with E-state index < -0.39 is 29.4 Å². The van der Waals surface area contributed by atoms with Gasteiger partial charge in [0.05, 0.1) is 11.3 Å². The van der Waals surface area contributed by atoms with Gasteiger partial charge < -0.3 is 14.2 Å². The molecule has 57 heavy (non-hydrogen) atoms. The zero-order chi connectivity index (χ0) is 42.2. The Morgan fingerprint density at radius 1 is 0.754 bits per heavy atom. The molecule has 0 aliphatic heterocycles. The van der Waals surface area contributed by atoms with E-state index in [1.165, 1.54) is 36.4 Å². The van der Waals surface area contributed by atoms with E-state index in [4.69, 9.17) is 35.4 Å². The monoisotopic (exact) mass is 801 g/mol. The summed E-state index contributed by atoms with van der Waals surface area (Å²) in [5, 5.41) is 5.06. The van der Waals surface area contributed by atoms with Crippen molar-refractivity contribution in [1.82, 2.24) is 10.6 Å². The molecule has 0 saturated heterocycles. The highest BCUT2D eigenvalue weighted by Crippen LogP contribution is 2.27. The van der Waals surface area contributed by atoms with Crippen LogP contribution in [0.3, 0.4) is 0 Å². The van der Waals surface area contributed by atoms with Crippen molar-refractivity contribution in [3.05, 3.63) is 130 Å². The molecule has 0 aromatic heterocycles. The van der Waals surface area contributed by atoms with Crippen LogP contribution in [0.2, 0.25) is 5.02 Å². The molecule has 0 saturated carbocycles. The topological polar surface area (TPSA) is 167 Å². The number of hydrogen-bond acceptors (Lipinski definition) is 10. The van der Waals surface area contributed by atoms with Crippen LogP contribution < -0.4 is 15.4 Å². The number of nitrogens with one attached hydrogen (secondary N) is 2. The molecular weight excluding hydrogens is 757 g/mol. The summed E-state index contributed by atoms with van der Waals surface area (Å²) in [6.07, 6.45) is -0.130. The Hall–Kier alpha value is -6.17. The molecule has 0 aliphatic carbocycles. The molecule has 0 spiro atoms. The van der Waals surface area contributed by atoms with Crippen LogP contribution >= 0.6 is 11.6 Å². The number of alkyl carbamates (subject to hydrolysis) is 2. The fourth-order valence-corrected chi connectivity index (χ4v) is 5.57. The van der Waals surface area contributed by atoms with Crippen molar-refractivity contribution in [2.75, 3.05) is 0 Å². The van der Waals surface area contributed by atoms with E-state index in [0.717, 1.165) is 5.56 Å². The molecular formula is C43H45ClFN3O9. The molecule has 2 amide bonds. The molecule has 14 heteroatoms. The standard InChI is InChI=1S/C42H45ClFN3O7.CO2/c1-41(2,3)53-39(50)46-38(47-40(51)54-42(4,5)6)45-32-19-16-29(17-20-32)37(49)52-34-21-18-30(35(43)26-34)25-33(48)24-28(22-27-12-8-7-9-13-27)23-31-14-10-11-15-36(31)44;2-1-3/h7-21,26,28H,22-25H2,1-6H3,(H2,45,46,47,50,51);/t28-;/m1./s1. The lowest BCUT2D eigenvalue weighted by atomic mass is 9.87. The van der Waals surface area contributed by atoms with Gasteiger partial charge in [0.1, 0.15) is 28.6 Å². The molecule has 0 unspecified atom stereocenters. The lowest BCUT2D eigenvalue weighted by molar-refractivity contribution is -0.191. The van der Waals surface area contributed by atoms with Crippen molar-refractivity contribution >= 4 is 53.3 Å². The first-order valence-corrected chi connectivity index (χ1v) is 18.2. The van der Waals surface area contributed by atoms with E-state index in [0.29, 0.717) is 24.0 Å². The Kier molecular flexibility index (Phi) is 16.8. The molecule has 0 radical (unpaired) electrons. The van der Waals surface area contributed by atoms with Crippen molar-refractivity contribution in [1.29, 1.82) is 0 Å². The van der Waals surface area contributed by atoms with Gasteiger partial charge in [-0.15, -0.1) is 0 Å². The summed E-state index contributed by atoms with van der Waals surface area (Å²) < 4.78 is 30.6. The number of hydrogen-bond donors (Lipinski definition) is 2. The minimum absolute atomic E-state index is 0.0487. The smallest absolute Gasteiger partial charge is 0.414 e. The first-order valence-electron chi connectivity index (χ1n) is 17.8. The third kappa shape index (κ3) is 17.0. The van der Waals surface area contributed by atoms with Crippen LogP contribution in [0.25, 0.3) is 0 Å². The van der Waals surface area contributed by atoms with Crippen LogP contribution in [-0.2, 0) is 43.1 Å². The van der Waals surface area contributed by atoms with Crippen molar-refractivity contribution < 1.29 is 47.4 Å². The summed E-state index contributed by atoms with van der Waals surface area (Å²) in [6, 6.07) is 27.0. The van der Waals surface area contributed by atoms with Gasteiger partial charge in [0.2, 0.25) is 5.96 Å². The molecule has 0 aliphatic rings. The maximum absolute atomic E-state index is 14.5. The fraction of sp³-hybridized carbons (Fsp3) is 0.302. The predicted octanol–water partition coefficient (Wildman–Crippen LogP) is 8.76. The summed E-state index contributed by atoms with van der Waals surface area (Å²) in [4.78, 5) is 71.6. The van der Waals surface area contributed by atoms with Crippen molar-refractivity contribution in [2.45, 2.75) is 78.4 Å². The molecule has 1 atom stereocenters. The maximum Gasteiger partial charge on any atom is 0.414 e. The lowest BCUT2D eigenvalue weighted by Gasteiger charge is -2.22. The second kappa shape index (κ2) is 21.2. The normalized spacial score (nSPS) is 11.4. The fourth-order valence-electron chi connectivity index (χ4n) is 5.34. The summed E-state index contributed by atoms with van der Waals surface area (Å²) in [5.74, 6) is -1.22. The van der Waals surface area contributed by atoms with Gasteiger partial charge in [-0.25, -0.2) is 23.8 Å². The number of carbonyl (C=O) groups is 4. The first-order chi connectivity index (χ1) is 26.8. The van der Waals surface area contributed by atoms with Crippen molar-refractivity contribution in [3.63, 3.8) is 0 Å². The highest BCUT2D eigenvalue weighted by molar-refractivity contribution is 6.31. The zero-order valence-electron chi connectivity index (χ0n) is 32.5. The van der Waals surface area contributed by atoms with Gasteiger partial charge in [0, 0.05) is 17.9 Å². The highest BCUT2D eigenvalue weighted by atomic mass is 35.5. The van der Waals surface area contributed by atoms with Crippen LogP contribution in [0.1, 0.15) is 75.0 Å². The van der Waals surface area contributed by atoms with Gasteiger partial charge in [0.25, 0.3) is 0 Å². The maximum atomic E-state index is 14.5. The Morgan fingerprint density at radius 2 is 1.32 bits per heavy atom. The molecule has 300 valence electrons. The van der Waals surface area contributed by atoms with Crippen molar-refractivity contribution in [3.8, 4) is 5.75 Å². The number of rotatable bonds is 11. The molecule has 2 N–H and O–H groups in total. The number of benzene rings is 4. The second-order valence-electron chi connectivity index (χ2n) is 14.8. The van der Waals surface area contributed by atoms with Crippen molar-refractivity contribution in [2.24, 2.45) is 10.9 Å². The number of halogens is 2. The van der Waals surface area contributed by atoms with Crippen LogP contribution in [0.4, 0.5) is 19.7 Å². The number of ether oxygens (including phenoxy) is 3. The minimum Gasteiger partial charge on any atom is -0.444 e. The van der Waals surface area contributed by atoms with Gasteiger partial charge in [-0.3, -0.25) is 15.4 Å². The summed E-state index contributed by atoms with van der Waals surface area (Å²) in [6.45, 7) is 10.1. The SMILES string of the molecule is CC(C)(C)OC(=O)NC(=Nc1ccc(C(=O)Oc2ccc(CC(=O)C[C@H](Cc3ccccc3)Cc3ccccc3F)c(Cl)c2)cc1)NC(=O)OC(C)(C)C.O=C=O. The van der Waals surface area contributed by atoms with Gasteiger partial charge in [-0.05, 0) is 119 Å². The zero-order valence-corrected chi connectivity index (χ0v) is 33.3. The van der Waals surface area contributed by atoms with Gasteiger partial charge in [-0.2, -0.15) is 9.59 Å². The summed E-state index contributed by atoms with van der Waals surface area (Å²) in [7, 11) is 0. The van der Waals surface area contributed by atoms with Crippen LogP contribution in [-0.4, -0.2) is 47.3 Å². The Bertz CT molecular complexity index is 2040. The number of carbonyl (C=O) groups excluding carboxylic acids is 6. The average Bonchev–Trinajstić information content (AvgIpc) is 3.10. The number of nitrogens with zero attached hydrogens (tertiary/aromatic N) is 1. The number of esters is 1. The quantitative estimate of drug-likeness (QED) is 0.0653. The Labute approximate surface area is 335 Å². The van der Waals surface area contributed by atoms with Gasteiger partial charge >= 0.3 is 24.3 Å². The molecule has 4 aromatic rings. The number of guanidine groups is 1. The van der Waals surface area contributed by atoms with Gasteiger partial charge in [-0.1, -0.05) is 66.2 Å². The first kappa shape index (κ1) is 45.2. The predicted molar refractivity (Wildman–Crippen MR) is 211 cm³/mol.